The number of pyridine rings is 1. The van der Waals surface area contributed by atoms with Gasteiger partial charge in [-0.3, -0.25) is 0 Å². The summed E-state index contributed by atoms with van der Waals surface area (Å²) in [6.07, 6.45) is 4.25. The first-order chi connectivity index (χ1) is 14.3. The minimum absolute atomic E-state index is 0.0155. The number of nitrogens with zero attached hydrogens (tertiary/aromatic N) is 5. The number of anilines is 1. The van der Waals surface area contributed by atoms with E-state index in [2.05, 4.69) is 27.0 Å². The summed E-state index contributed by atoms with van der Waals surface area (Å²) in [6.45, 7) is 5.30. The molecule has 1 aromatic carbocycles. The molecule has 0 aliphatic heterocycles. The van der Waals surface area contributed by atoms with E-state index in [1.165, 1.54) is 17.0 Å². The maximum absolute atomic E-state index is 14.4. The molecule has 0 fully saturated rings. The lowest BCUT2D eigenvalue weighted by atomic mass is 10.2. The molecule has 0 saturated carbocycles. The van der Waals surface area contributed by atoms with Gasteiger partial charge < -0.3 is 16.2 Å². The van der Waals surface area contributed by atoms with Crippen LogP contribution in [0.3, 0.4) is 0 Å². The van der Waals surface area contributed by atoms with E-state index in [0.717, 1.165) is 12.5 Å². The largest absolute Gasteiger partial charge is 0.390 e. The highest BCUT2D eigenvalue weighted by molar-refractivity contribution is 6.32. The Morgan fingerprint density at radius 3 is 2.97 bits per heavy atom. The van der Waals surface area contributed by atoms with Crippen LogP contribution in [0.15, 0.2) is 59.6 Å². The monoisotopic (exact) mass is 425 g/mol. The van der Waals surface area contributed by atoms with Gasteiger partial charge in [0, 0.05) is 6.20 Å². The molecule has 0 aliphatic carbocycles. The summed E-state index contributed by atoms with van der Waals surface area (Å²) in [5.41, 5.74) is 6.39. The summed E-state index contributed by atoms with van der Waals surface area (Å²) in [5.74, 6) is -0.188. The Hall–Kier alpha value is -3.74. The van der Waals surface area contributed by atoms with Crippen molar-refractivity contribution in [2.45, 2.75) is 13.0 Å². The molecule has 0 aliphatic rings. The Labute approximate surface area is 176 Å². The van der Waals surface area contributed by atoms with Crippen molar-refractivity contribution in [1.82, 2.24) is 14.8 Å². The number of aliphatic hydroxyl groups excluding tert-OH is 1. The molecule has 152 valence electrons. The Bertz CT molecular complexity index is 1220. The van der Waals surface area contributed by atoms with Crippen LogP contribution in [0.25, 0.3) is 16.6 Å². The van der Waals surface area contributed by atoms with Gasteiger partial charge >= 0.3 is 0 Å². The van der Waals surface area contributed by atoms with Gasteiger partial charge in [-0.05, 0) is 30.7 Å². The van der Waals surface area contributed by atoms with Crippen LogP contribution in [0.1, 0.15) is 12.5 Å². The number of aliphatic hydroxyl groups is 1. The van der Waals surface area contributed by atoms with Crippen LogP contribution in [0.5, 0.6) is 0 Å². The maximum Gasteiger partial charge on any atom is 0.169 e. The third-order valence-corrected chi connectivity index (χ3v) is 4.46. The SMILES string of the molecule is C=C(/C=C(\N=CN)Nc1ncc(F)c2nn(-c3c(Cl)cccc3C#N)cc12)C(C)O. The van der Waals surface area contributed by atoms with Crippen LogP contribution in [0.2, 0.25) is 5.02 Å². The lowest BCUT2D eigenvalue weighted by Crippen LogP contribution is -2.06. The van der Waals surface area contributed by atoms with E-state index in [-0.39, 0.29) is 27.7 Å². The van der Waals surface area contributed by atoms with E-state index in [0.29, 0.717) is 16.6 Å². The Kier molecular flexibility index (Phi) is 6.11. The number of halogens is 2. The van der Waals surface area contributed by atoms with Crippen LogP contribution in [0, 0.1) is 17.1 Å². The second kappa shape index (κ2) is 8.73. The number of para-hydroxylation sites is 1. The molecule has 8 nitrogen and oxygen atoms in total. The summed E-state index contributed by atoms with van der Waals surface area (Å²) < 4.78 is 15.7. The zero-order valence-electron chi connectivity index (χ0n) is 15.8. The molecule has 2 heterocycles. The van der Waals surface area contributed by atoms with Gasteiger partial charge in [0.15, 0.2) is 5.82 Å². The van der Waals surface area contributed by atoms with Crippen molar-refractivity contribution < 1.29 is 9.50 Å². The summed E-state index contributed by atoms with van der Waals surface area (Å²) in [6, 6.07) is 6.87. The molecule has 3 aromatic rings. The average Bonchev–Trinajstić information content (AvgIpc) is 3.15. The number of aromatic nitrogens is 3. The molecule has 2 aromatic heterocycles. The predicted octanol–water partition coefficient (Wildman–Crippen LogP) is 3.26. The van der Waals surface area contributed by atoms with Gasteiger partial charge in [-0.2, -0.15) is 10.4 Å². The van der Waals surface area contributed by atoms with Crippen LogP contribution in [-0.2, 0) is 0 Å². The third kappa shape index (κ3) is 4.15. The zero-order chi connectivity index (χ0) is 21.8. The number of nitrogens with two attached hydrogens (primary N) is 1. The molecule has 1 unspecified atom stereocenters. The van der Waals surface area contributed by atoms with Crippen molar-refractivity contribution >= 4 is 34.7 Å². The number of rotatable bonds is 6. The Morgan fingerprint density at radius 2 is 2.30 bits per heavy atom. The standard InChI is InChI=1S/C20H17ClFN7O/c1-11(12(2)30)6-17(26-10-24)27-20-14-9-29(28-18(14)16(22)8-25-20)19-13(7-23)4-3-5-15(19)21/h3-6,8-10,12,30H,1H2,2H3,(H2,24,26)(H,25,27)/b17-6+. The number of hydrogen-bond acceptors (Lipinski definition) is 6. The molecule has 0 bridgehead atoms. The fraction of sp³-hybridized carbons (Fsp3) is 0.100. The van der Waals surface area contributed by atoms with Crippen molar-refractivity contribution in [2.24, 2.45) is 10.7 Å². The van der Waals surface area contributed by atoms with Gasteiger partial charge in [0.2, 0.25) is 0 Å². The zero-order valence-corrected chi connectivity index (χ0v) is 16.6. The Balaban J connectivity index is 2.14. The van der Waals surface area contributed by atoms with Crippen LogP contribution < -0.4 is 11.1 Å². The summed E-state index contributed by atoms with van der Waals surface area (Å²) in [5, 5.41) is 26.8. The van der Waals surface area contributed by atoms with Crippen LogP contribution >= 0.6 is 11.6 Å². The first kappa shape index (κ1) is 21.0. The highest BCUT2D eigenvalue weighted by Crippen LogP contribution is 2.29. The number of nitrogens with one attached hydrogen (secondary N) is 1. The third-order valence-electron chi connectivity index (χ3n) is 4.16. The molecular weight excluding hydrogens is 409 g/mol. The molecule has 3 rings (SSSR count). The van der Waals surface area contributed by atoms with Crippen molar-refractivity contribution in [3.8, 4) is 11.8 Å². The quantitative estimate of drug-likeness (QED) is 0.316. The first-order valence-electron chi connectivity index (χ1n) is 8.68. The van der Waals surface area contributed by atoms with Gasteiger partial charge in [-0.15, -0.1) is 0 Å². The Morgan fingerprint density at radius 1 is 1.53 bits per heavy atom. The predicted molar refractivity (Wildman–Crippen MR) is 114 cm³/mol. The first-order valence-corrected chi connectivity index (χ1v) is 9.06. The highest BCUT2D eigenvalue weighted by Gasteiger charge is 2.17. The van der Waals surface area contributed by atoms with Crippen molar-refractivity contribution in [3.63, 3.8) is 0 Å². The second-order valence-corrected chi connectivity index (χ2v) is 6.63. The smallest absolute Gasteiger partial charge is 0.169 e. The summed E-state index contributed by atoms with van der Waals surface area (Å²) >= 11 is 6.25. The molecule has 0 saturated heterocycles. The molecule has 1 atom stereocenters. The van der Waals surface area contributed by atoms with E-state index in [1.54, 1.807) is 25.1 Å². The van der Waals surface area contributed by atoms with E-state index in [9.17, 15) is 14.8 Å². The number of benzene rings is 1. The highest BCUT2D eigenvalue weighted by atomic mass is 35.5. The minimum atomic E-state index is -0.802. The van der Waals surface area contributed by atoms with Crippen molar-refractivity contribution in [3.05, 3.63) is 71.0 Å². The number of nitriles is 1. The van der Waals surface area contributed by atoms with E-state index >= 15 is 0 Å². The van der Waals surface area contributed by atoms with Crippen molar-refractivity contribution in [1.29, 1.82) is 5.26 Å². The van der Waals surface area contributed by atoms with E-state index in [4.69, 9.17) is 17.3 Å². The summed E-state index contributed by atoms with van der Waals surface area (Å²) in [4.78, 5) is 8.05. The lowest BCUT2D eigenvalue weighted by molar-refractivity contribution is 0.236. The van der Waals surface area contributed by atoms with E-state index in [1.807, 2.05) is 6.07 Å². The van der Waals surface area contributed by atoms with Gasteiger partial charge in [0.05, 0.1) is 34.6 Å². The fourth-order valence-electron chi connectivity index (χ4n) is 2.63. The molecule has 10 heteroatoms. The second-order valence-electron chi connectivity index (χ2n) is 6.22. The van der Waals surface area contributed by atoms with Gasteiger partial charge in [-0.25, -0.2) is 19.0 Å². The van der Waals surface area contributed by atoms with Crippen molar-refractivity contribution in [2.75, 3.05) is 5.32 Å². The number of fused-ring (bicyclic) bond motifs is 1. The van der Waals surface area contributed by atoms with Gasteiger partial charge in [0.25, 0.3) is 0 Å². The number of hydrogen-bond donors (Lipinski definition) is 3. The minimum Gasteiger partial charge on any atom is -0.390 e. The maximum atomic E-state index is 14.4. The average molecular weight is 426 g/mol. The lowest BCUT2D eigenvalue weighted by Gasteiger charge is -2.09. The summed E-state index contributed by atoms with van der Waals surface area (Å²) in [7, 11) is 0. The van der Waals surface area contributed by atoms with Crippen LogP contribution in [0.4, 0.5) is 10.2 Å². The van der Waals surface area contributed by atoms with Gasteiger partial charge in [0.1, 0.15) is 28.9 Å². The molecule has 0 radical (unpaired) electrons. The fourth-order valence-corrected chi connectivity index (χ4v) is 2.89. The molecule has 0 spiro atoms. The van der Waals surface area contributed by atoms with Crippen LogP contribution in [-0.4, -0.2) is 32.3 Å². The number of aliphatic imine (C=N–C) groups is 1. The van der Waals surface area contributed by atoms with E-state index < -0.39 is 11.9 Å². The molecule has 4 N–H and O–H groups in total. The normalized spacial score (nSPS) is 12.8. The molecule has 30 heavy (non-hydrogen) atoms. The molecule has 0 amide bonds. The molecular formula is C20H17ClFN7O. The topological polar surface area (TPSA) is 125 Å². The van der Waals surface area contributed by atoms with Gasteiger partial charge in [-0.1, -0.05) is 24.2 Å².